The number of carbonyl (C=O) groups excluding carboxylic acids is 2. The molecule has 50 heavy (non-hydrogen) atoms. The van der Waals surface area contributed by atoms with E-state index in [1.54, 1.807) is 13.2 Å². The van der Waals surface area contributed by atoms with Crippen molar-refractivity contribution in [3.8, 4) is 17.3 Å². The first-order valence-electron chi connectivity index (χ1n) is 17.7. The third-order valence-corrected chi connectivity index (χ3v) is 11.6. The summed E-state index contributed by atoms with van der Waals surface area (Å²) < 4.78 is 10.7. The van der Waals surface area contributed by atoms with Crippen LogP contribution in [0.1, 0.15) is 59.4 Å². The van der Waals surface area contributed by atoms with Crippen LogP contribution in [-0.2, 0) is 13.1 Å². The van der Waals surface area contributed by atoms with Crippen LogP contribution in [-0.4, -0.2) is 89.5 Å². The van der Waals surface area contributed by atoms with Gasteiger partial charge in [0.05, 0.1) is 18.3 Å². The first-order valence-corrected chi connectivity index (χ1v) is 18.1. The summed E-state index contributed by atoms with van der Waals surface area (Å²) in [5.74, 6) is 2.56. The predicted molar refractivity (Wildman–Crippen MR) is 189 cm³/mol. The van der Waals surface area contributed by atoms with E-state index in [1.807, 2.05) is 34.2 Å². The number of amides is 2. The lowest BCUT2D eigenvalue weighted by Crippen LogP contribution is -2.41. The number of likely N-dealkylation sites (tertiary alicyclic amines) is 2. The topological polar surface area (TPSA) is 137 Å². The minimum absolute atomic E-state index is 0.0157. The Morgan fingerprint density at radius 1 is 0.920 bits per heavy atom. The Labute approximate surface area is 294 Å². The van der Waals surface area contributed by atoms with E-state index in [-0.39, 0.29) is 35.1 Å². The number of fused-ring (bicyclic) bond motifs is 4. The fraction of sp³-hybridized carbons (Fsp3) is 0.459. The minimum atomic E-state index is -0.135. The molecule has 2 bridgehead atoms. The maximum atomic E-state index is 14.0. The van der Waals surface area contributed by atoms with E-state index in [1.165, 1.54) is 19.0 Å². The third kappa shape index (κ3) is 5.40. The second kappa shape index (κ2) is 12.3. The van der Waals surface area contributed by atoms with E-state index >= 15 is 0 Å². The quantitative estimate of drug-likeness (QED) is 0.224. The maximum Gasteiger partial charge on any atom is 0.272 e. The number of halogens is 1. The lowest BCUT2D eigenvalue weighted by atomic mass is 9.96. The van der Waals surface area contributed by atoms with Crippen molar-refractivity contribution in [3.63, 3.8) is 0 Å². The van der Waals surface area contributed by atoms with Gasteiger partial charge in [0.2, 0.25) is 5.28 Å². The average molecular weight is 694 g/mol. The van der Waals surface area contributed by atoms with Crippen LogP contribution in [0.5, 0.6) is 5.75 Å². The van der Waals surface area contributed by atoms with Crippen molar-refractivity contribution in [3.05, 3.63) is 65.3 Å². The number of hydrogen-bond donors (Lipinski definition) is 1. The number of methoxy groups -OCH3 is 1. The average Bonchev–Trinajstić information content (AvgIpc) is 3.50. The Hall–Kier alpha value is -4.55. The van der Waals surface area contributed by atoms with Gasteiger partial charge in [-0.25, -0.2) is 19.9 Å². The molecular formula is C37H40ClN9O3. The fourth-order valence-corrected chi connectivity index (χ4v) is 8.69. The molecule has 13 heteroatoms. The number of nitrogens with two attached hydrogens (primary N) is 1. The molecule has 3 atom stereocenters. The van der Waals surface area contributed by atoms with Gasteiger partial charge >= 0.3 is 0 Å². The molecule has 2 unspecified atom stereocenters. The van der Waals surface area contributed by atoms with Crippen LogP contribution in [0, 0.1) is 17.8 Å². The summed E-state index contributed by atoms with van der Waals surface area (Å²) in [7, 11) is 1.66. The lowest BCUT2D eigenvalue weighted by Gasteiger charge is -2.32. The summed E-state index contributed by atoms with van der Waals surface area (Å²) in [5, 5.41) is 1.14. The number of nitrogens with zero attached hydrogens (tertiary/aromatic N) is 8. The Morgan fingerprint density at radius 3 is 2.44 bits per heavy atom. The molecule has 0 spiro atoms. The third-order valence-electron chi connectivity index (χ3n) is 11.4. The normalized spacial score (nSPS) is 22.3. The highest BCUT2D eigenvalue weighted by atomic mass is 35.5. The monoisotopic (exact) mass is 693 g/mol. The standard InChI is InChI=1S/C37H40ClN9O3/c1-50-30-17-25(35(48)46-20-24-6-7-28(46)31(24)39)15-27-32(30)47(19-22-9-13-44(14-10-22)36(49)26-8-12-41-37(38)43-26)34(42-27)29-16-23-3-2-11-40-33(23)45(29)18-21-4-5-21/h2-3,8,11-12,15-17,21-22,24,28,31H,4-7,9-10,13-14,18-20,39H2,1H3/t24?,28?,31-/m1/s1. The zero-order chi connectivity index (χ0) is 34.1. The van der Waals surface area contributed by atoms with Gasteiger partial charge in [0.25, 0.3) is 11.8 Å². The van der Waals surface area contributed by atoms with Crippen LogP contribution >= 0.6 is 11.6 Å². The van der Waals surface area contributed by atoms with Crippen LogP contribution < -0.4 is 10.5 Å². The van der Waals surface area contributed by atoms with E-state index in [2.05, 4.69) is 31.2 Å². The Bertz CT molecular complexity index is 2130. The second-order valence-corrected chi connectivity index (χ2v) is 14.8. The van der Waals surface area contributed by atoms with Gasteiger partial charge in [-0.3, -0.25) is 9.59 Å². The Balaban J connectivity index is 1.10. The Kier molecular flexibility index (Phi) is 7.76. The highest BCUT2D eigenvalue weighted by molar-refractivity contribution is 6.28. The van der Waals surface area contributed by atoms with E-state index in [4.69, 9.17) is 32.0 Å². The Morgan fingerprint density at radius 2 is 1.72 bits per heavy atom. The van der Waals surface area contributed by atoms with E-state index in [0.29, 0.717) is 55.0 Å². The van der Waals surface area contributed by atoms with Gasteiger partial charge in [-0.2, -0.15) is 0 Å². The van der Waals surface area contributed by atoms with Crippen molar-refractivity contribution in [2.24, 2.45) is 23.5 Å². The zero-order valence-corrected chi connectivity index (χ0v) is 28.8. The number of benzene rings is 1. The fourth-order valence-electron chi connectivity index (χ4n) is 8.54. The molecule has 2 saturated carbocycles. The van der Waals surface area contributed by atoms with E-state index in [9.17, 15) is 9.59 Å². The van der Waals surface area contributed by atoms with Crippen LogP contribution in [0.15, 0.2) is 48.8 Å². The highest BCUT2D eigenvalue weighted by Crippen LogP contribution is 2.41. The van der Waals surface area contributed by atoms with Crippen molar-refractivity contribution >= 4 is 45.5 Å². The lowest BCUT2D eigenvalue weighted by molar-refractivity contribution is 0.0675. The number of pyridine rings is 1. The summed E-state index contributed by atoms with van der Waals surface area (Å²) >= 11 is 5.97. The van der Waals surface area contributed by atoms with Crippen molar-refractivity contribution in [2.75, 3.05) is 26.7 Å². The van der Waals surface area contributed by atoms with Gasteiger partial charge in [-0.05, 0) is 104 Å². The molecule has 0 radical (unpaired) electrons. The highest BCUT2D eigenvalue weighted by Gasteiger charge is 2.47. The van der Waals surface area contributed by atoms with Gasteiger partial charge in [0.1, 0.15) is 22.6 Å². The molecule has 2 N–H and O–H groups in total. The molecule has 5 aromatic rings. The van der Waals surface area contributed by atoms with Crippen LogP contribution in [0.4, 0.5) is 0 Å². The van der Waals surface area contributed by atoms with Crippen molar-refractivity contribution < 1.29 is 14.3 Å². The molecule has 4 aromatic heterocycles. The number of rotatable bonds is 8. The second-order valence-electron chi connectivity index (χ2n) is 14.5. The SMILES string of the molecule is COc1cc(C(=O)N2CC3CCC2[C@@H]3N)cc2nc(-c3cc4cccnc4n3CC3CC3)n(CC3CCN(C(=O)c4ccnc(Cl)n4)CC3)c12. The molecule has 9 rings (SSSR count). The van der Waals surface area contributed by atoms with Gasteiger partial charge in [-0.15, -0.1) is 0 Å². The molecule has 1 aromatic carbocycles. The molecule has 2 amide bonds. The van der Waals surface area contributed by atoms with Crippen molar-refractivity contribution in [2.45, 2.75) is 63.7 Å². The number of aromatic nitrogens is 6. The number of imidazole rings is 1. The largest absolute Gasteiger partial charge is 0.494 e. The number of ether oxygens (including phenoxy) is 1. The molecule has 2 saturated heterocycles. The minimum Gasteiger partial charge on any atom is -0.494 e. The van der Waals surface area contributed by atoms with E-state index < -0.39 is 0 Å². The first-order chi connectivity index (χ1) is 24.4. The summed E-state index contributed by atoms with van der Waals surface area (Å²) in [6, 6.07) is 11.8. The molecular weight excluding hydrogens is 654 g/mol. The molecule has 4 fully saturated rings. The van der Waals surface area contributed by atoms with Gasteiger partial charge in [-0.1, -0.05) is 0 Å². The van der Waals surface area contributed by atoms with Crippen molar-refractivity contribution in [1.29, 1.82) is 0 Å². The van der Waals surface area contributed by atoms with Gasteiger partial charge in [0.15, 0.2) is 5.82 Å². The molecule has 2 aliphatic carbocycles. The number of hydrogen-bond acceptors (Lipinski definition) is 8. The molecule has 2 aliphatic heterocycles. The first kappa shape index (κ1) is 31.4. The van der Waals surface area contributed by atoms with E-state index in [0.717, 1.165) is 65.8 Å². The van der Waals surface area contributed by atoms with Crippen LogP contribution in [0.2, 0.25) is 5.28 Å². The van der Waals surface area contributed by atoms with Gasteiger partial charge in [0, 0.05) is 68.2 Å². The van der Waals surface area contributed by atoms with Gasteiger partial charge < -0.3 is 29.4 Å². The number of carbonyl (C=O) groups is 2. The summed E-state index contributed by atoms with van der Waals surface area (Å²) in [6.07, 6.45) is 9.44. The zero-order valence-electron chi connectivity index (χ0n) is 28.0. The summed E-state index contributed by atoms with van der Waals surface area (Å²) in [4.78, 5) is 49.2. The maximum absolute atomic E-state index is 14.0. The number of piperidine rings is 2. The molecule has 4 aliphatic rings. The smallest absolute Gasteiger partial charge is 0.272 e. The predicted octanol–water partition coefficient (Wildman–Crippen LogP) is 5.03. The van der Waals surface area contributed by atoms with Crippen LogP contribution in [0.25, 0.3) is 33.6 Å². The summed E-state index contributed by atoms with van der Waals surface area (Å²) in [6.45, 7) is 3.47. The van der Waals surface area contributed by atoms with Crippen molar-refractivity contribution in [1.82, 2.24) is 38.9 Å². The molecule has 12 nitrogen and oxygen atoms in total. The molecule has 258 valence electrons. The molecule has 6 heterocycles. The summed E-state index contributed by atoms with van der Waals surface area (Å²) in [5.41, 5.74) is 10.9. The van der Waals surface area contributed by atoms with Crippen LogP contribution in [0.3, 0.4) is 0 Å².